The maximum absolute atomic E-state index is 13.5. The third-order valence-corrected chi connectivity index (χ3v) is 3.00. The molecule has 0 aromatic carbocycles. The Labute approximate surface area is 99.1 Å². The van der Waals surface area contributed by atoms with Crippen molar-refractivity contribution in [3.05, 3.63) is 0 Å². The lowest BCUT2D eigenvalue weighted by atomic mass is 9.57. The molecule has 0 saturated heterocycles. The van der Waals surface area contributed by atoms with E-state index in [0.717, 1.165) is 0 Å². The Kier molecular flexibility index (Phi) is 2.98. The van der Waals surface area contributed by atoms with Crippen LogP contribution in [0, 0.1) is 0 Å². The summed E-state index contributed by atoms with van der Waals surface area (Å²) in [6.07, 6.45) is -5.90. The molecule has 1 saturated carbocycles. The highest BCUT2D eigenvalue weighted by atomic mass is 19.3. The summed E-state index contributed by atoms with van der Waals surface area (Å²) in [6, 6.07) is 0. The molecule has 0 aliphatic heterocycles. The first-order valence-electron chi connectivity index (χ1n) is 4.50. The minimum absolute atomic E-state index is 0.123. The number of rotatable bonds is 3. The van der Waals surface area contributed by atoms with Crippen LogP contribution >= 0.6 is 0 Å². The highest BCUT2D eigenvalue weighted by molar-refractivity contribution is 5.37. The smallest absolute Gasteiger partial charge is 0.321 e. The van der Waals surface area contributed by atoms with Crippen LogP contribution in [0.3, 0.4) is 0 Å². The van der Waals surface area contributed by atoms with Crippen molar-refractivity contribution in [1.29, 1.82) is 0 Å². The average molecular weight is 308 g/mol. The zero-order valence-corrected chi connectivity index (χ0v) is 9.19. The van der Waals surface area contributed by atoms with Crippen LogP contribution in [0.1, 0.15) is 6.92 Å². The largest absolute Gasteiger partial charge is 0.399 e. The van der Waals surface area contributed by atoms with Crippen LogP contribution in [0.2, 0.25) is 0 Å². The molecule has 0 heterocycles. The third-order valence-electron chi connectivity index (χ3n) is 3.00. The molecule has 2 unspecified atom stereocenters. The highest BCUT2D eigenvalue weighted by Crippen LogP contribution is 2.75. The molecule has 0 bridgehead atoms. The van der Waals surface area contributed by atoms with Crippen LogP contribution in [0.25, 0.3) is 0 Å². The van der Waals surface area contributed by atoms with E-state index in [0.29, 0.717) is 0 Å². The van der Waals surface area contributed by atoms with Gasteiger partial charge in [-0.25, -0.2) is 17.6 Å². The lowest BCUT2D eigenvalue weighted by Gasteiger charge is -2.60. The van der Waals surface area contributed by atoms with Gasteiger partial charge in [0.15, 0.2) is 0 Å². The Bertz CT molecular complexity index is 387. The van der Waals surface area contributed by atoms with E-state index in [9.17, 15) is 43.9 Å². The summed E-state index contributed by atoms with van der Waals surface area (Å²) in [4.78, 5) is 0. The number of methoxy groups -OCH3 is 1. The van der Waals surface area contributed by atoms with Crippen LogP contribution in [-0.2, 0) is 4.74 Å². The molecule has 1 fully saturated rings. The van der Waals surface area contributed by atoms with Crippen molar-refractivity contribution in [2.75, 3.05) is 7.11 Å². The van der Waals surface area contributed by atoms with E-state index >= 15 is 0 Å². The Morgan fingerprint density at radius 2 is 1.05 bits per heavy atom. The van der Waals surface area contributed by atoms with Gasteiger partial charge in [0.1, 0.15) is 0 Å². The van der Waals surface area contributed by atoms with Gasteiger partial charge in [-0.05, 0) is 0 Å². The maximum Gasteiger partial charge on any atom is 0.399 e. The molecule has 19 heavy (non-hydrogen) atoms. The van der Waals surface area contributed by atoms with Crippen molar-refractivity contribution in [3.8, 4) is 0 Å². The van der Waals surface area contributed by atoms with Gasteiger partial charge < -0.3 is 4.74 Å². The summed E-state index contributed by atoms with van der Waals surface area (Å²) >= 11 is 0. The lowest BCUT2D eigenvalue weighted by molar-refractivity contribution is -0.528. The molecule has 0 spiro atoms. The fraction of sp³-hybridized carbons (Fsp3) is 1.00. The fourth-order valence-corrected chi connectivity index (χ4v) is 1.90. The van der Waals surface area contributed by atoms with Gasteiger partial charge in [-0.3, -0.25) is 0 Å². The van der Waals surface area contributed by atoms with Crippen molar-refractivity contribution in [2.24, 2.45) is 0 Å². The van der Waals surface area contributed by atoms with Crippen LogP contribution in [0.4, 0.5) is 43.9 Å². The topological polar surface area (TPSA) is 9.23 Å². The SMILES string of the molecule is COC(F)(F)C1(F)C(F)(F)C(F)(F)C1(F)C(C)(F)F. The molecule has 1 aliphatic carbocycles. The van der Waals surface area contributed by atoms with E-state index in [1.807, 2.05) is 0 Å². The van der Waals surface area contributed by atoms with E-state index in [1.54, 1.807) is 0 Å². The van der Waals surface area contributed by atoms with E-state index in [-0.39, 0.29) is 7.11 Å². The summed E-state index contributed by atoms with van der Waals surface area (Å²) in [5.41, 5.74) is -12.3. The van der Waals surface area contributed by atoms with Gasteiger partial charge in [0.05, 0.1) is 0 Å². The second-order valence-electron chi connectivity index (χ2n) is 4.08. The summed E-state index contributed by atoms with van der Waals surface area (Å²) in [7, 11) is -0.123. The molecule has 1 nitrogen and oxygen atoms in total. The molecule has 0 aromatic rings. The molecule has 11 heteroatoms. The number of halogens is 10. The predicted molar refractivity (Wildman–Crippen MR) is 40.1 cm³/mol. The Morgan fingerprint density at radius 1 is 0.737 bits per heavy atom. The lowest BCUT2D eigenvalue weighted by Crippen LogP contribution is -2.94. The monoisotopic (exact) mass is 308 g/mol. The Morgan fingerprint density at radius 3 is 1.32 bits per heavy atom. The van der Waals surface area contributed by atoms with Gasteiger partial charge in [0.25, 0.3) is 11.6 Å². The summed E-state index contributed by atoms with van der Waals surface area (Å²) in [6.45, 7) is -0.712. The number of ether oxygens (including phenoxy) is 1. The summed E-state index contributed by atoms with van der Waals surface area (Å²) in [5.74, 6) is -18.2. The van der Waals surface area contributed by atoms with Crippen LogP contribution in [0.15, 0.2) is 0 Å². The van der Waals surface area contributed by atoms with Crippen molar-refractivity contribution >= 4 is 0 Å². The third kappa shape index (κ3) is 1.27. The minimum Gasteiger partial charge on any atom is -0.321 e. The van der Waals surface area contributed by atoms with E-state index < -0.39 is 42.1 Å². The highest BCUT2D eigenvalue weighted by Gasteiger charge is 3.08. The predicted octanol–water partition coefficient (Wildman–Crippen LogP) is 3.58. The fourth-order valence-electron chi connectivity index (χ4n) is 1.90. The van der Waals surface area contributed by atoms with E-state index in [1.165, 1.54) is 0 Å². The summed E-state index contributed by atoms with van der Waals surface area (Å²) in [5, 5.41) is 0. The van der Waals surface area contributed by atoms with Gasteiger partial charge in [-0.1, -0.05) is 0 Å². The molecule has 0 aromatic heterocycles. The zero-order chi connectivity index (χ0) is 15.7. The molecule has 1 rings (SSSR count). The zero-order valence-electron chi connectivity index (χ0n) is 9.19. The first kappa shape index (κ1) is 16.3. The molecule has 0 radical (unpaired) electrons. The first-order chi connectivity index (χ1) is 8.06. The molecular weight excluding hydrogens is 302 g/mol. The van der Waals surface area contributed by atoms with Crippen molar-refractivity contribution in [1.82, 2.24) is 0 Å². The molecule has 1 aliphatic rings. The van der Waals surface area contributed by atoms with Crippen LogP contribution in [-0.4, -0.2) is 42.3 Å². The van der Waals surface area contributed by atoms with Gasteiger partial charge in [-0.15, -0.1) is 0 Å². The average Bonchev–Trinajstić information content (AvgIpc) is 2.23. The number of alkyl halides is 10. The van der Waals surface area contributed by atoms with Gasteiger partial charge >= 0.3 is 23.6 Å². The van der Waals surface area contributed by atoms with Gasteiger partial charge in [-0.2, -0.15) is 26.3 Å². The second-order valence-corrected chi connectivity index (χ2v) is 4.08. The first-order valence-corrected chi connectivity index (χ1v) is 4.50. The molecule has 0 amide bonds. The van der Waals surface area contributed by atoms with Crippen LogP contribution in [0.5, 0.6) is 0 Å². The minimum atomic E-state index is -6.38. The number of hydrogen-bond donors (Lipinski definition) is 0. The summed E-state index contributed by atoms with van der Waals surface area (Å²) < 4.78 is 132. The number of hydrogen-bond acceptors (Lipinski definition) is 1. The standard InChI is InChI=1S/C8H6F10O/c1-3(9,10)4(11)5(12,8(17,18)19-2)7(15,16)6(4,13)14/h1-2H3. The van der Waals surface area contributed by atoms with Crippen LogP contribution < -0.4 is 0 Å². The van der Waals surface area contributed by atoms with E-state index in [2.05, 4.69) is 4.74 Å². The maximum atomic E-state index is 13.5. The van der Waals surface area contributed by atoms with Crippen molar-refractivity contribution < 1.29 is 48.6 Å². The van der Waals surface area contributed by atoms with Gasteiger partial charge in [0.2, 0.25) is 0 Å². The van der Waals surface area contributed by atoms with Gasteiger partial charge in [0, 0.05) is 14.0 Å². The molecule has 114 valence electrons. The normalized spacial score (nSPS) is 37.9. The second kappa shape index (κ2) is 3.47. The van der Waals surface area contributed by atoms with Crippen molar-refractivity contribution in [3.63, 3.8) is 0 Å². The molecule has 2 atom stereocenters. The van der Waals surface area contributed by atoms with E-state index in [4.69, 9.17) is 0 Å². The molecular formula is C8H6F10O. The molecule has 0 N–H and O–H groups in total. The Hall–Kier alpha value is -0.740. The quantitative estimate of drug-likeness (QED) is 0.724. The van der Waals surface area contributed by atoms with Crippen molar-refractivity contribution in [2.45, 2.75) is 42.1 Å². The Balaban J connectivity index is 3.62.